The molecule has 2 rings (SSSR count). The molecule has 0 radical (unpaired) electrons. The van der Waals surface area contributed by atoms with Gasteiger partial charge in [-0.2, -0.15) is 22.0 Å². The van der Waals surface area contributed by atoms with Crippen LogP contribution in [0.15, 0.2) is 18.2 Å². The maximum atomic E-state index is 14.3. The number of nitrogens with one attached hydrogen (secondary N) is 5. The second kappa shape index (κ2) is 19.0. The maximum absolute atomic E-state index is 14.3. The van der Waals surface area contributed by atoms with E-state index in [4.69, 9.17) is 14.2 Å². The molecule has 0 saturated heterocycles. The van der Waals surface area contributed by atoms with Crippen LogP contribution in [0.2, 0.25) is 0 Å². The van der Waals surface area contributed by atoms with Crippen molar-refractivity contribution in [2.45, 2.75) is 95.9 Å². The number of aliphatic hydroxyl groups is 1. The van der Waals surface area contributed by atoms with Crippen molar-refractivity contribution in [2.75, 3.05) is 37.7 Å². The Morgan fingerprint density at radius 2 is 1.59 bits per heavy atom. The molecule has 1 aliphatic rings. The highest BCUT2D eigenvalue weighted by atomic mass is 19.4. The SMILES string of the molecule is CC(=O)NC(CCC(=O)OC(C)(C)C)C(=O)NCCNC(=O)OCCN1C(=O)[C@@H](NC(=O)C(C)(O)C(=O)NCC(F)(F)C(F)(F)F)[C@@H](C)Oc2ccc(F)cc21. The average molecular weight is 815 g/mol. The summed E-state index contributed by atoms with van der Waals surface area (Å²) in [4.78, 5) is 88.4. The molecule has 1 aliphatic heterocycles. The average Bonchev–Trinajstić information content (AvgIpc) is 3.15. The van der Waals surface area contributed by atoms with Crippen LogP contribution in [0.5, 0.6) is 5.75 Å². The Morgan fingerprint density at radius 1 is 0.964 bits per heavy atom. The Kier molecular flexibility index (Phi) is 15.9. The fourth-order valence-electron chi connectivity index (χ4n) is 4.74. The van der Waals surface area contributed by atoms with Crippen LogP contribution in [-0.4, -0.2) is 121 Å². The van der Waals surface area contributed by atoms with Crippen LogP contribution >= 0.6 is 0 Å². The number of alkyl halides is 5. The first-order valence-corrected chi connectivity index (χ1v) is 16.9. The summed E-state index contributed by atoms with van der Waals surface area (Å²) in [6.07, 6.45) is -8.67. The van der Waals surface area contributed by atoms with E-state index >= 15 is 0 Å². The van der Waals surface area contributed by atoms with Gasteiger partial charge in [0.1, 0.15) is 42.0 Å². The largest absolute Gasteiger partial charge is 0.486 e. The first-order chi connectivity index (χ1) is 25.7. The molecule has 0 bridgehead atoms. The van der Waals surface area contributed by atoms with Gasteiger partial charge in [-0.3, -0.25) is 28.8 Å². The zero-order valence-electron chi connectivity index (χ0n) is 31.2. The molecule has 1 aromatic carbocycles. The highest BCUT2D eigenvalue weighted by molar-refractivity contribution is 6.10. The van der Waals surface area contributed by atoms with Gasteiger partial charge in [0, 0.05) is 32.5 Å². The number of halogens is 6. The molecule has 6 N–H and O–H groups in total. The summed E-state index contributed by atoms with van der Waals surface area (Å²) in [5, 5.41) is 20.8. The molecule has 56 heavy (non-hydrogen) atoms. The number of rotatable bonds is 16. The lowest BCUT2D eigenvalue weighted by molar-refractivity contribution is -0.278. The fraction of sp³-hybridized carbons (Fsp3) is 0.606. The summed E-state index contributed by atoms with van der Waals surface area (Å²) >= 11 is 0. The van der Waals surface area contributed by atoms with Crippen molar-refractivity contribution >= 4 is 47.3 Å². The van der Waals surface area contributed by atoms with E-state index in [1.54, 1.807) is 20.8 Å². The van der Waals surface area contributed by atoms with Gasteiger partial charge in [0.15, 0.2) is 0 Å². The van der Waals surface area contributed by atoms with Crippen LogP contribution in [0.3, 0.4) is 0 Å². The highest BCUT2D eigenvalue weighted by Gasteiger charge is 2.58. The van der Waals surface area contributed by atoms with E-state index < -0.39 is 109 Å². The van der Waals surface area contributed by atoms with Gasteiger partial charge in [0.2, 0.25) is 17.4 Å². The topological polar surface area (TPSA) is 231 Å². The maximum Gasteiger partial charge on any atom is 0.455 e. The molecule has 17 nitrogen and oxygen atoms in total. The normalized spacial score (nSPS) is 17.4. The van der Waals surface area contributed by atoms with Crippen LogP contribution in [0, 0.1) is 5.82 Å². The van der Waals surface area contributed by atoms with Gasteiger partial charge in [-0.05, 0) is 53.2 Å². The predicted octanol–water partition coefficient (Wildman–Crippen LogP) is 0.958. The lowest BCUT2D eigenvalue weighted by Crippen LogP contribution is -2.63. The molecule has 0 fully saturated rings. The molecule has 1 heterocycles. The van der Waals surface area contributed by atoms with E-state index in [2.05, 4.69) is 16.0 Å². The second-order valence-electron chi connectivity index (χ2n) is 13.6. The fourth-order valence-corrected chi connectivity index (χ4v) is 4.74. The first-order valence-electron chi connectivity index (χ1n) is 16.9. The summed E-state index contributed by atoms with van der Waals surface area (Å²) < 4.78 is 94.4. The third-order valence-electron chi connectivity index (χ3n) is 7.58. The monoisotopic (exact) mass is 814 g/mol. The number of esters is 1. The molecule has 0 aliphatic carbocycles. The Bertz CT molecular complexity index is 1640. The predicted molar refractivity (Wildman–Crippen MR) is 180 cm³/mol. The van der Waals surface area contributed by atoms with Crippen LogP contribution in [0.4, 0.5) is 36.8 Å². The molecule has 314 valence electrons. The second-order valence-corrected chi connectivity index (χ2v) is 13.6. The molecule has 0 aromatic heterocycles. The summed E-state index contributed by atoms with van der Waals surface area (Å²) in [7, 11) is 0. The number of hydrogen-bond donors (Lipinski definition) is 6. The van der Waals surface area contributed by atoms with Gasteiger partial charge in [0.25, 0.3) is 17.7 Å². The molecular formula is C33H44F6N6O11. The molecule has 6 amide bonds. The van der Waals surface area contributed by atoms with E-state index in [9.17, 15) is 65.0 Å². The molecule has 4 atom stereocenters. The summed E-state index contributed by atoms with van der Waals surface area (Å²) in [5.74, 6) is -12.9. The smallest absolute Gasteiger partial charge is 0.455 e. The summed E-state index contributed by atoms with van der Waals surface area (Å²) in [6, 6.07) is 0.0917. The molecule has 23 heteroatoms. The van der Waals surface area contributed by atoms with Crippen molar-refractivity contribution in [2.24, 2.45) is 0 Å². The van der Waals surface area contributed by atoms with Crippen molar-refractivity contribution < 1.29 is 79.2 Å². The number of ether oxygens (including phenoxy) is 3. The van der Waals surface area contributed by atoms with Crippen molar-refractivity contribution in [3.63, 3.8) is 0 Å². The Balaban J connectivity index is 2.04. The minimum atomic E-state index is -6.06. The van der Waals surface area contributed by atoms with E-state index in [-0.39, 0.29) is 37.4 Å². The van der Waals surface area contributed by atoms with E-state index in [1.807, 2.05) is 5.32 Å². The first kappa shape index (κ1) is 46.8. The minimum Gasteiger partial charge on any atom is -0.486 e. The minimum absolute atomic E-state index is 0.0755. The number of hydrogen-bond acceptors (Lipinski definition) is 11. The van der Waals surface area contributed by atoms with E-state index in [0.29, 0.717) is 6.92 Å². The van der Waals surface area contributed by atoms with Crippen molar-refractivity contribution in [1.82, 2.24) is 26.6 Å². The van der Waals surface area contributed by atoms with Gasteiger partial charge in [-0.1, -0.05) is 0 Å². The van der Waals surface area contributed by atoms with Crippen LogP contribution in [0.25, 0.3) is 0 Å². The number of benzene rings is 1. The van der Waals surface area contributed by atoms with Crippen molar-refractivity contribution in [1.29, 1.82) is 0 Å². The van der Waals surface area contributed by atoms with Gasteiger partial charge in [-0.25, -0.2) is 9.18 Å². The molecular weight excluding hydrogens is 770 g/mol. The van der Waals surface area contributed by atoms with Gasteiger partial charge < -0.3 is 50.8 Å². The molecule has 1 aromatic rings. The Morgan fingerprint density at radius 3 is 2.18 bits per heavy atom. The molecule has 0 spiro atoms. The van der Waals surface area contributed by atoms with Crippen LogP contribution < -0.4 is 36.2 Å². The van der Waals surface area contributed by atoms with E-state index in [1.165, 1.54) is 13.8 Å². The van der Waals surface area contributed by atoms with Gasteiger partial charge >= 0.3 is 24.2 Å². The van der Waals surface area contributed by atoms with Gasteiger partial charge in [0.05, 0.1) is 18.8 Å². The van der Waals surface area contributed by atoms with Crippen molar-refractivity contribution in [3.05, 3.63) is 24.0 Å². The quantitative estimate of drug-likeness (QED) is 0.0596. The number of fused-ring (bicyclic) bond motifs is 1. The standard InChI is InChI=1S/C33H44F6N6O11/c1-17-24(44-28(51)31(6,53)27(50)42-16-32(35,36)33(37,38)39)26(49)45(21-15-19(34)7-9-22(21)55-17)13-14-54-29(52)41-12-11-40-25(48)20(43-18(2)46)8-10-23(47)56-30(3,4)5/h7,9,15,17,20,24,53H,8,10-14,16H2,1-6H3,(H,40,48)(H,41,52)(H,42,50)(H,43,46)(H,44,51)/t17-,20?,24+,31?/m1/s1. The summed E-state index contributed by atoms with van der Waals surface area (Å²) in [6.45, 7) is 4.15. The van der Waals surface area contributed by atoms with E-state index in [0.717, 1.165) is 28.4 Å². The Hall–Kier alpha value is -5.35. The van der Waals surface area contributed by atoms with Crippen molar-refractivity contribution in [3.8, 4) is 5.75 Å². The van der Waals surface area contributed by atoms with Crippen LogP contribution in [0.1, 0.15) is 54.4 Å². The number of carbonyl (C=O) groups excluding carboxylic acids is 7. The number of nitrogens with zero attached hydrogens (tertiary/aromatic N) is 1. The third-order valence-corrected chi connectivity index (χ3v) is 7.58. The zero-order valence-corrected chi connectivity index (χ0v) is 31.2. The number of alkyl carbamates (subject to hydrolysis) is 1. The number of anilines is 1. The highest BCUT2D eigenvalue weighted by Crippen LogP contribution is 2.35. The van der Waals surface area contributed by atoms with Gasteiger partial charge in [-0.15, -0.1) is 0 Å². The summed E-state index contributed by atoms with van der Waals surface area (Å²) in [5.41, 5.74) is -4.25. The Labute approximate surface area is 316 Å². The molecule has 2 unspecified atom stereocenters. The number of amides is 6. The number of carbonyl (C=O) groups is 7. The van der Waals surface area contributed by atoms with Crippen LogP contribution in [-0.2, 0) is 38.2 Å². The molecule has 0 saturated carbocycles. The zero-order chi connectivity index (χ0) is 42.8. The lowest BCUT2D eigenvalue weighted by Gasteiger charge is -2.29. The lowest BCUT2D eigenvalue weighted by atomic mass is 10.0. The third kappa shape index (κ3) is 13.7.